The zero-order chi connectivity index (χ0) is 25.5. The molecule has 2 N–H and O–H groups in total. The molecule has 0 saturated heterocycles. The lowest BCUT2D eigenvalue weighted by Crippen LogP contribution is -2.22. The Morgan fingerprint density at radius 2 is 1.75 bits per heavy atom. The molecule has 0 saturated carbocycles. The van der Waals surface area contributed by atoms with Gasteiger partial charge in [-0.1, -0.05) is 36.4 Å². The second-order valence-electron chi connectivity index (χ2n) is 8.15. The summed E-state index contributed by atoms with van der Waals surface area (Å²) in [5.74, 6) is -0.501. The Kier molecular flexibility index (Phi) is 8.02. The van der Waals surface area contributed by atoms with Crippen molar-refractivity contribution < 1.29 is 28.2 Å². The van der Waals surface area contributed by atoms with Crippen molar-refractivity contribution in [2.45, 2.75) is 32.9 Å². The molecule has 4 rings (SSSR count). The molecule has 36 heavy (non-hydrogen) atoms. The summed E-state index contributed by atoms with van der Waals surface area (Å²) in [6.07, 6.45) is 0.570. The molecule has 0 fully saturated rings. The minimum Gasteiger partial charge on any atom is -0.474 e. The molecular formula is C29H29NO6. The first-order valence-corrected chi connectivity index (χ1v) is 11.9. The lowest BCUT2D eigenvalue weighted by molar-refractivity contribution is -0.151. The average molecular weight is 488 g/mol. The Balaban J connectivity index is 1.78. The summed E-state index contributed by atoms with van der Waals surface area (Å²) >= 11 is 0. The van der Waals surface area contributed by atoms with Gasteiger partial charge >= 0.3 is 11.9 Å². The smallest absolute Gasteiger partial charge is 0.352 e. The maximum Gasteiger partial charge on any atom is 0.352 e. The highest BCUT2D eigenvalue weighted by Gasteiger charge is 2.27. The van der Waals surface area contributed by atoms with Crippen LogP contribution in [0.4, 0.5) is 0 Å². The van der Waals surface area contributed by atoms with Gasteiger partial charge in [0.15, 0.2) is 0 Å². The lowest BCUT2D eigenvalue weighted by Gasteiger charge is -2.21. The first kappa shape index (κ1) is 25.0. The minimum absolute atomic E-state index is 0.0253. The quantitative estimate of drug-likeness (QED) is 0.301. The molecule has 0 aliphatic carbocycles. The molecule has 186 valence electrons. The van der Waals surface area contributed by atoms with Crippen molar-refractivity contribution in [1.82, 2.24) is 0 Å². The van der Waals surface area contributed by atoms with Gasteiger partial charge in [0.25, 0.3) is 0 Å². The topological polar surface area (TPSA) is 101 Å². The van der Waals surface area contributed by atoms with E-state index in [1.165, 1.54) is 0 Å². The fourth-order valence-corrected chi connectivity index (χ4v) is 4.07. The maximum atomic E-state index is 13.1. The summed E-state index contributed by atoms with van der Waals surface area (Å²) in [6.45, 7) is 4.38. The number of furan rings is 1. The molecule has 0 radical (unpaired) electrons. The number of para-hydroxylation sites is 1. The number of carbonyl (C=O) groups is 2. The van der Waals surface area contributed by atoms with Gasteiger partial charge in [-0.15, -0.1) is 0 Å². The van der Waals surface area contributed by atoms with Crippen LogP contribution < -0.4 is 10.5 Å². The Labute approximate surface area is 209 Å². The van der Waals surface area contributed by atoms with Gasteiger partial charge < -0.3 is 24.4 Å². The molecule has 0 amide bonds. The van der Waals surface area contributed by atoms with Crippen LogP contribution in [0.2, 0.25) is 0 Å². The van der Waals surface area contributed by atoms with Crippen LogP contribution >= 0.6 is 0 Å². The van der Waals surface area contributed by atoms with Crippen molar-refractivity contribution in [3.8, 4) is 16.9 Å². The number of carbonyl (C=O) groups excluding carboxylic acids is 2. The highest BCUT2D eigenvalue weighted by atomic mass is 16.6. The van der Waals surface area contributed by atoms with E-state index in [0.29, 0.717) is 29.0 Å². The van der Waals surface area contributed by atoms with Gasteiger partial charge in [-0.3, -0.25) is 4.79 Å². The van der Waals surface area contributed by atoms with E-state index in [9.17, 15) is 9.59 Å². The largest absolute Gasteiger partial charge is 0.474 e. The fourth-order valence-electron chi connectivity index (χ4n) is 4.07. The van der Waals surface area contributed by atoms with E-state index < -0.39 is 12.1 Å². The standard InChI is InChI=1S/C29H29NO6/c1-3-33-26(31)17-21-9-5-6-11-25(21)36-28(29(32)34-4-2)23-15-22-12-13-35-27(22)24(16-23)20-10-7-8-19(14-20)18-30/h5-16,28H,3-4,17-18,30H2,1-2H3. The summed E-state index contributed by atoms with van der Waals surface area (Å²) in [7, 11) is 0. The van der Waals surface area contributed by atoms with Crippen molar-refractivity contribution in [3.63, 3.8) is 0 Å². The van der Waals surface area contributed by atoms with E-state index in [1.54, 1.807) is 44.4 Å². The molecule has 1 aromatic heterocycles. The zero-order valence-electron chi connectivity index (χ0n) is 20.4. The summed E-state index contributed by atoms with van der Waals surface area (Å²) < 4.78 is 22.5. The third kappa shape index (κ3) is 5.58. The molecule has 7 nitrogen and oxygen atoms in total. The fraction of sp³-hybridized carbons (Fsp3) is 0.241. The summed E-state index contributed by atoms with van der Waals surface area (Å²) in [5.41, 5.74) is 10.5. The summed E-state index contributed by atoms with van der Waals surface area (Å²) in [4.78, 5) is 25.3. The van der Waals surface area contributed by atoms with E-state index in [-0.39, 0.29) is 25.6 Å². The zero-order valence-corrected chi connectivity index (χ0v) is 20.4. The van der Waals surface area contributed by atoms with Crippen LogP contribution in [0.5, 0.6) is 5.75 Å². The predicted molar refractivity (Wildman–Crippen MR) is 136 cm³/mol. The van der Waals surface area contributed by atoms with Crippen molar-refractivity contribution in [1.29, 1.82) is 0 Å². The number of rotatable bonds is 10. The number of esters is 2. The van der Waals surface area contributed by atoms with Crippen LogP contribution in [0.15, 0.2) is 77.4 Å². The Bertz CT molecular complexity index is 1360. The number of hydrogen-bond donors (Lipinski definition) is 1. The van der Waals surface area contributed by atoms with Gasteiger partial charge in [0.1, 0.15) is 11.3 Å². The van der Waals surface area contributed by atoms with Gasteiger partial charge in [0.2, 0.25) is 6.10 Å². The second-order valence-corrected chi connectivity index (χ2v) is 8.15. The Morgan fingerprint density at radius 1 is 0.944 bits per heavy atom. The maximum absolute atomic E-state index is 13.1. The van der Waals surface area contributed by atoms with Crippen molar-refractivity contribution in [2.75, 3.05) is 13.2 Å². The highest BCUT2D eigenvalue weighted by molar-refractivity contribution is 5.94. The number of fused-ring (bicyclic) bond motifs is 1. The van der Waals surface area contributed by atoms with Crippen LogP contribution in [0, 0.1) is 0 Å². The van der Waals surface area contributed by atoms with Gasteiger partial charge in [0, 0.05) is 28.6 Å². The van der Waals surface area contributed by atoms with Gasteiger partial charge in [-0.05, 0) is 55.3 Å². The van der Waals surface area contributed by atoms with E-state index in [2.05, 4.69) is 0 Å². The van der Waals surface area contributed by atoms with Crippen molar-refractivity contribution in [2.24, 2.45) is 5.73 Å². The normalized spacial score (nSPS) is 11.8. The molecule has 3 aromatic carbocycles. The van der Waals surface area contributed by atoms with Crippen LogP contribution in [0.25, 0.3) is 22.1 Å². The average Bonchev–Trinajstić information content (AvgIpc) is 3.36. The first-order chi connectivity index (χ1) is 17.5. The predicted octanol–water partition coefficient (Wildman–Crippen LogP) is 5.35. The monoisotopic (exact) mass is 487 g/mol. The molecule has 4 aromatic rings. The highest BCUT2D eigenvalue weighted by Crippen LogP contribution is 2.35. The Hall–Kier alpha value is -4.10. The third-order valence-electron chi connectivity index (χ3n) is 5.71. The van der Waals surface area contributed by atoms with Crippen LogP contribution in [-0.4, -0.2) is 25.2 Å². The number of hydrogen-bond acceptors (Lipinski definition) is 7. The summed E-state index contributed by atoms with van der Waals surface area (Å²) in [6, 6.07) is 20.5. The van der Waals surface area contributed by atoms with Crippen LogP contribution in [0.3, 0.4) is 0 Å². The molecular weight excluding hydrogens is 458 g/mol. The van der Waals surface area contributed by atoms with E-state index in [1.807, 2.05) is 42.5 Å². The molecule has 1 unspecified atom stereocenters. The minimum atomic E-state index is -1.07. The molecule has 0 spiro atoms. The number of nitrogens with two attached hydrogens (primary N) is 1. The SMILES string of the molecule is CCOC(=O)Cc1ccccc1OC(C(=O)OCC)c1cc(-c2cccc(CN)c2)c2occc2c1. The summed E-state index contributed by atoms with van der Waals surface area (Å²) in [5, 5.41) is 0.818. The molecule has 0 bridgehead atoms. The van der Waals surface area contributed by atoms with Crippen molar-refractivity contribution in [3.05, 3.63) is 89.7 Å². The van der Waals surface area contributed by atoms with Gasteiger partial charge in [-0.2, -0.15) is 0 Å². The first-order valence-electron chi connectivity index (χ1n) is 11.9. The molecule has 0 aliphatic rings. The molecule has 1 heterocycles. The molecule has 1 atom stereocenters. The van der Waals surface area contributed by atoms with Gasteiger partial charge in [0.05, 0.1) is 25.9 Å². The van der Waals surface area contributed by atoms with Gasteiger partial charge in [-0.25, -0.2) is 4.79 Å². The van der Waals surface area contributed by atoms with Crippen molar-refractivity contribution >= 4 is 22.9 Å². The number of ether oxygens (including phenoxy) is 3. The van der Waals surface area contributed by atoms with E-state index >= 15 is 0 Å². The lowest BCUT2D eigenvalue weighted by atomic mass is 9.96. The second kappa shape index (κ2) is 11.6. The van der Waals surface area contributed by atoms with E-state index in [0.717, 1.165) is 22.1 Å². The third-order valence-corrected chi connectivity index (χ3v) is 5.71. The molecule has 0 aliphatic heterocycles. The van der Waals surface area contributed by atoms with E-state index in [4.69, 9.17) is 24.4 Å². The van der Waals surface area contributed by atoms with Crippen LogP contribution in [-0.2, 0) is 32.0 Å². The molecule has 7 heteroatoms. The number of benzene rings is 3. The Morgan fingerprint density at radius 3 is 2.53 bits per heavy atom. The van der Waals surface area contributed by atoms with Crippen LogP contribution in [0.1, 0.15) is 36.6 Å².